The highest BCUT2D eigenvalue weighted by molar-refractivity contribution is 5.79. The normalized spacial score (nSPS) is 29.4. The third-order valence-corrected chi connectivity index (χ3v) is 5.01. The van der Waals surface area contributed by atoms with Crippen LogP contribution in [0.25, 0.3) is 0 Å². The Balaban J connectivity index is 1.68. The van der Waals surface area contributed by atoms with E-state index < -0.39 is 6.10 Å². The molecule has 1 aromatic rings. The minimum absolute atomic E-state index is 0.0345. The Morgan fingerprint density at radius 2 is 2.04 bits per heavy atom. The Labute approximate surface area is 159 Å². The van der Waals surface area contributed by atoms with E-state index in [-0.39, 0.29) is 35.5 Å². The Hall–Kier alpha value is -2.16. The molecule has 0 aliphatic carbocycles. The Bertz CT molecular complexity index is 698. The molecular formula is C18H29N5O4. The molecule has 9 nitrogen and oxygen atoms in total. The standard InChI is InChI=1S/C18H29N5O4/c1-10-8-23(9-13(26-10)16-22-21-11(2)27-16)17(25)19-12-6-7-14(24)20-15(12)18(3,4)5/h10,12-13,15H,6-9H2,1-5H3,(H,19,25)(H,20,24)/t10-,12-,13-,15-/m1/s1. The van der Waals surface area contributed by atoms with Crippen molar-refractivity contribution in [3.8, 4) is 0 Å². The van der Waals surface area contributed by atoms with Crippen molar-refractivity contribution in [2.75, 3.05) is 13.1 Å². The van der Waals surface area contributed by atoms with Crippen LogP contribution in [0.15, 0.2) is 4.42 Å². The lowest BCUT2D eigenvalue weighted by atomic mass is 9.79. The average molecular weight is 379 g/mol. The van der Waals surface area contributed by atoms with Gasteiger partial charge >= 0.3 is 6.03 Å². The summed E-state index contributed by atoms with van der Waals surface area (Å²) >= 11 is 0. The second kappa shape index (κ2) is 7.46. The summed E-state index contributed by atoms with van der Waals surface area (Å²) in [4.78, 5) is 26.5. The molecule has 150 valence electrons. The van der Waals surface area contributed by atoms with Crippen LogP contribution in [0.2, 0.25) is 0 Å². The number of ether oxygens (including phenoxy) is 1. The number of carbonyl (C=O) groups excluding carboxylic acids is 2. The van der Waals surface area contributed by atoms with E-state index in [0.717, 1.165) is 0 Å². The van der Waals surface area contributed by atoms with Crippen molar-refractivity contribution < 1.29 is 18.7 Å². The van der Waals surface area contributed by atoms with E-state index in [2.05, 4.69) is 41.6 Å². The van der Waals surface area contributed by atoms with Gasteiger partial charge in [0.15, 0.2) is 6.10 Å². The lowest BCUT2D eigenvalue weighted by Crippen LogP contribution is -2.62. The number of carbonyl (C=O) groups is 2. The minimum atomic E-state index is -0.440. The van der Waals surface area contributed by atoms with E-state index in [4.69, 9.17) is 9.15 Å². The molecule has 0 saturated carbocycles. The molecule has 3 amide bonds. The molecule has 0 radical (unpaired) electrons. The van der Waals surface area contributed by atoms with E-state index >= 15 is 0 Å². The molecular weight excluding hydrogens is 350 g/mol. The van der Waals surface area contributed by atoms with Gasteiger partial charge in [0.25, 0.3) is 0 Å². The van der Waals surface area contributed by atoms with Crippen LogP contribution in [-0.2, 0) is 9.53 Å². The first-order valence-electron chi connectivity index (χ1n) is 9.43. The van der Waals surface area contributed by atoms with Crippen LogP contribution in [0.3, 0.4) is 0 Å². The zero-order valence-electron chi connectivity index (χ0n) is 16.6. The molecule has 2 N–H and O–H groups in total. The van der Waals surface area contributed by atoms with Gasteiger partial charge in [0, 0.05) is 19.9 Å². The van der Waals surface area contributed by atoms with E-state index in [1.807, 2.05) is 6.92 Å². The third kappa shape index (κ3) is 4.58. The van der Waals surface area contributed by atoms with Gasteiger partial charge in [-0.1, -0.05) is 20.8 Å². The highest BCUT2D eigenvalue weighted by Gasteiger charge is 2.39. The van der Waals surface area contributed by atoms with Crippen molar-refractivity contribution >= 4 is 11.9 Å². The molecule has 0 aromatic carbocycles. The van der Waals surface area contributed by atoms with E-state index in [0.29, 0.717) is 37.7 Å². The fourth-order valence-electron chi connectivity index (χ4n) is 3.72. The van der Waals surface area contributed by atoms with Crippen molar-refractivity contribution in [3.63, 3.8) is 0 Å². The first-order chi connectivity index (χ1) is 12.6. The van der Waals surface area contributed by atoms with Crippen molar-refractivity contribution in [3.05, 3.63) is 11.8 Å². The van der Waals surface area contributed by atoms with Gasteiger partial charge in [-0.2, -0.15) is 0 Å². The largest absolute Gasteiger partial charge is 0.423 e. The van der Waals surface area contributed by atoms with Crippen LogP contribution >= 0.6 is 0 Å². The summed E-state index contributed by atoms with van der Waals surface area (Å²) in [6.45, 7) is 10.6. The fraction of sp³-hybridized carbons (Fsp3) is 0.778. The molecule has 3 heterocycles. The van der Waals surface area contributed by atoms with Crippen LogP contribution in [0, 0.1) is 12.3 Å². The Morgan fingerprint density at radius 1 is 1.30 bits per heavy atom. The first-order valence-corrected chi connectivity index (χ1v) is 9.43. The molecule has 3 rings (SSSR count). The van der Waals surface area contributed by atoms with Crippen LogP contribution in [0.5, 0.6) is 0 Å². The number of nitrogens with one attached hydrogen (secondary N) is 2. The van der Waals surface area contributed by atoms with Crippen LogP contribution in [0.4, 0.5) is 4.79 Å². The molecule has 27 heavy (non-hydrogen) atoms. The second-order valence-corrected chi connectivity index (χ2v) is 8.51. The first kappa shape index (κ1) is 19.6. The average Bonchev–Trinajstić information content (AvgIpc) is 3.01. The summed E-state index contributed by atoms with van der Waals surface area (Å²) in [5.74, 6) is 0.885. The zero-order chi connectivity index (χ0) is 19.8. The van der Waals surface area contributed by atoms with Gasteiger partial charge in [-0.3, -0.25) is 4.79 Å². The summed E-state index contributed by atoms with van der Waals surface area (Å²) in [5.41, 5.74) is -0.157. The maximum atomic E-state index is 12.9. The molecule has 0 spiro atoms. The third-order valence-electron chi connectivity index (χ3n) is 5.01. The van der Waals surface area contributed by atoms with Gasteiger partial charge < -0.3 is 24.7 Å². The predicted octanol–water partition coefficient (Wildman–Crippen LogP) is 1.54. The number of aromatic nitrogens is 2. The van der Waals surface area contributed by atoms with Gasteiger partial charge in [-0.25, -0.2) is 4.79 Å². The molecule has 0 bridgehead atoms. The van der Waals surface area contributed by atoms with Gasteiger partial charge in [0.1, 0.15) is 0 Å². The van der Waals surface area contributed by atoms with E-state index in [1.54, 1.807) is 11.8 Å². The number of morpholine rings is 1. The summed E-state index contributed by atoms with van der Waals surface area (Å²) in [5, 5.41) is 14.0. The minimum Gasteiger partial charge on any atom is -0.423 e. The summed E-state index contributed by atoms with van der Waals surface area (Å²) < 4.78 is 11.3. The zero-order valence-corrected chi connectivity index (χ0v) is 16.6. The highest BCUT2D eigenvalue weighted by atomic mass is 16.5. The number of piperidine rings is 1. The van der Waals surface area contributed by atoms with Gasteiger partial charge in [-0.05, 0) is 18.8 Å². The quantitative estimate of drug-likeness (QED) is 0.807. The summed E-state index contributed by atoms with van der Waals surface area (Å²) in [6.07, 6.45) is 0.462. The lowest BCUT2D eigenvalue weighted by molar-refractivity contribution is -0.125. The number of hydrogen-bond acceptors (Lipinski definition) is 6. The number of nitrogens with zero attached hydrogens (tertiary/aromatic N) is 3. The number of amides is 3. The van der Waals surface area contributed by atoms with Crippen LogP contribution in [0.1, 0.15) is 58.4 Å². The van der Waals surface area contributed by atoms with E-state index in [9.17, 15) is 9.59 Å². The van der Waals surface area contributed by atoms with Gasteiger partial charge in [0.05, 0.1) is 24.7 Å². The van der Waals surface area contributed by atoms with Crippen molar-refractivity contribution in [1.82, 2.24) is 25.7 Å². The Kier molecular flexibility index (Phi) is 5.41. The van der Waals surface area contributed by atoms with Crippen molar-refractivity contribution in [1.29, 1.82) is 0 Å². The summed E-state index contributed by atoms with van der Waals surface area (Å²) in [6, 6.07) is -0.394. The molecule has 2 saturated heterocycles. The number of aryl methyl sites for hydroxylation is 1. The molecule has 9 heteroatoms. The SMILES string of the molecule is Cc1nnc([C@H]2CN(C(=O)N[C@@H]3CCC(=O)N[C@H]3C(C)(C)C)C[C@@H](C)O2)o1. The molecule has 0 unspecified atom stereocenters. The second-order valence-electron chi connectivity index (χ2n) is 8.51. The highest BCUT2D eigenvalue weighted by Crippen LogP contribution is 2.28. The van der Waals surface area contributed by atoms with E-state index in [1.165, 1.54) is 0 Å². The monoisotopic (exact) mass is 379 g/mol. The molecule has 2 aliphatic heterocycles. The number of urea groups is 1. The topological polar surface area (TPSA) is 110 Å². The number of rotatable bonds is 2. The maximum Gasteiger partial charge on any atom is 0.317 e. The molecule has 2 fully saturated rings. The summed E-state index contributed by atoms with van der Waals surface area (Å²) in [7, 11) is 0. The van der Waals surface area contributed by atoms with Crippen molar-refractivity contribution in [2.24, 2.45) is 5.41 Å². The molecule has 4 atom stereocenters. The fourth-order valence-corrected chi connectivity index (χ4v) is 3.72. The maximum absolute atomic E-state index is 12.9. The van der Waals surface area contributed by atoms with Crippen molar-refractivity contribution in [2.45, 2.75) is 71.8 Å². The van der Waals surface area contributed by atoms with Crippen LogP contribution < -0.4 is 10.6 Å². The van der Waals surface area contributed by atoms with Crippen LogP contribution in [-0.4, -0.2) is 58.3 Å². The molecule has 1 aromatic heterocycles. The Morgan fingerprint density at radius 3 is 2.67 bits per heavy atom. The molecule has 2 aliphatic rings. The smallest absolute Gasteiger partial charge is 0.317 e. The predicted molar refractivity (Wildman–Crippen MR) is 96.8 cm³/mol. The van der Waals surface area contributed by atoms with Gasteiger partial charge in [-0.15, -0.1) is 10.2 Å². The number of hydrogen-bond donors (Lipinski definition) is 2. The lowest BCUT2D eigenvalue weighted by Gasteiger charge is -2.42. The van der Waals surface area contributed by atoms with Gasteiger partial charge in [0.2, 0.25) is 17.7 Å².